The zero-order valence-corrected chi connectivity index (χ0v) is 18.0. The number of halogens is 3. The van der Waals surface area contributed by atoms with Crippen molar-refractivity contribution in [1.82, 2.24) is 4.90 Å². The van der Waals surface area contributed by atoms with Crippen LogP contribution in [-0.2, 0) is 9.53 Å². The molecule has 1 amide bonds. The first-order chi connectivity index (χ1) is 13.6. The van der Waals surface area contributed by atoms with Gasteiger partial charge in [-0.25, -0.2) is 9.59 Å². The Balaban J connectivity index is 0.000000471. The molecule has 1 heterocycles. The van der Waals surface area contributed by atoms with Crippen LogP contribution >= 0.6 is 0 Å². The predicted molar refractivity (Wildman–Crippen MR) is 102 cm³/mol. The van der Waals surface area contributed by atoms with E-state index in [1.807, 2.05) is 27.7 Å². The molecule has 30 heavy (non-hydrogen) atoms. The third-order valence-electron chi connectivity index (χ3n) is 4.70. The fourth-order valence-corrected chi connectivity index (χ4v) is 2.95. The fourth-order valence-electron chi connectivity index (χ4n) is 2.95. The molecule has 0 aromatic rings. The number of nitriles is 2. The van der Waals surface area contributed by atoms with Gasteiger partial charge in [0.05, 0.1) is 18.1 Å². The van der Waals surface area contributed by atoms with Crippen molar-refractivity contribution in [2.24, 2.45) is 23.7 Å². The number of carbonyl (C=O) groups is 2. The number of carboxylic acid groups (broad SMARTS) is 1. The number of hydrogen-bond acceptors (Lipinski definition) is 5. The first-order valence-corrected chi connectivity index (χ1v) is 9.69. The molecule has 0 aromatic heterocycles. The second-order valence-corrected chi connectivity index (χ2v) is 8.54. The summed E-state index contributed by atoms with van der Waals surface area (Å²) in [4.78, 5) is 22.2. The second-order valence-electron chi connectivity index (χ2n) is 8.54. The number of aliphatic carboxylic acids is 1. The summed E-state index contributed by atoms with van der Waals surface area (Å²) in [6, 6.07) is 4.53. The predicted octanol–water partition coefficient (Wildman–Crippen LogP) is 4.59. The Kier molecular flexibility index (Phi) is 10.7. The molecule has 2 aliphatic rings. The van der Waals surface area contributed by atoms with Crippen molar-refractivity contribution < 1.29 is 32.6 Å². The summed E-state index contributed by atoms with van der Waals surface area (Å²) >= 11 is 0. The zero-order chi connectivity index (χ0) is 23.7. The molecule has 2 rings (SSSR count). The van der Waals surface area contributed by atoms with Gasteiger partial charge in [0.15, 0.2) is 0 Å². The number of hydrogen-bond donors (Lipinski definition) is 1. The van der Waals surface area contributed by atoms with Crippen LogP contribution in [0.25, 0.3) is 0 Å². The van der Waals surface area contributed by atoms with Gasteiger partial charge in [0.25, 0.3) is 0 Å². The first-order valence-electron chi connectivity index (χ1n) is 9.69. The fraction of sp³-hybridized carbons (Fsp3) is 0.800. The molecule has 0 bridgehead atoms. The number of carboxylic acids is 1. The molecule has 7 nitrogen and oxygen atoms in total. The summed E-state index contributed by atoms with van der Waals surface area (Å²) < 4.78 is 37.0. The molecule has 10 heteroatoms. The van der Waals surface area contributed by atoms with Gasteiger partial charge in [0.1, 0.15) is 5.60 Å². The van der Waals surface area contributed by atoms with E-state index < -0.39 is 17.7 Å². The zero-order valence-electron chi connectivity index (χ0n) is 18.0. The van der Waals surface area contributed by atoms with Crippen LogP contribution in [0.3, 0.4) is 0 Å². The van der Waals surface area contributed by atoms with E-state index in [0.717, 1.165) is 6.42 Å². The van der Waals surface area contributed by atoms with Crippen LogP contribution in [0.4, 0.5) is 18.0 Å². The Hall–Kier alpha value is -2.49. The van der Waals surface area contributed by atoms with E-state index in [4.69, 9.17) is 25.2 Å². The van der Waals surface area contributed by atoms with Crippen LogP contribution < -0.4 is 0 Å². The molecule has 0 unspecified atom stereocenters. The SMILES string of the molecule is C[C@H]1CCC[C@H]1C#N.C[C@H]1CN(C(=O)OC(C)(C)C)C[C@H]1C#N.O=C(O)C(F)(F)F. The molecule has 0 radical (unpaired) electrons. The molecule has 0 aromatic carbocycles. The van der Waals surface area contributed by atoms with Crippen LogP contribution in [-0.4, -0.2) is 46.9 Å². The molecule has 4 atom stereocenters. The average Bonchev–Trinajstić information content (AvgIpc) is 3.18. The quantitative estimate of drug-likeness (QED) is 0.597. The second kappa shape index (κ2) is 11.6. The number of rotatable bonds is 0. The van der Waals surface area contributed by atoms with Gasteiger partial charge in [-0.2, -0.15) is 23.7 Å². The van der Waals surface area contributed by atoms with Gasteiger partial charge in [-0.1, -0.05) is 20.3 Å². The van der Waals surface area contributed by atoms with Crippen LogP contribution in [0.5, 0.6) is 0 Å². The van der Waals surface area contributed by atoms with Gasteiger partial charge in [-0.15, -0.1) is 0 Å². The number of amides is 1. The minimum Gasteiger partial charge on any atom is -0.475 e. The number of alkyl halides is 3. The molecule has 1 aliphatic heterocycles. The highest BCUT2D eigenvalue weighted by Gasteiger charge is 2.38. The van der Waals surface area contributed by atoms with Gasteiger partial charge in [-0.05, 0) is 45.4 Å². The van der Waals surface area contributed by atoms with E-state index in [0.29, 0.717) is 24.9 Å². The van der Waals surface area contributed by atoms with Crippen LogP contribution in [0, 0.1) is 46.3 Å². The van der Waals surface area contributed by atoms with E-state index >= 15 is 0 Å². The summed E-state index contributed by atoms with van der Waals surface area (Å²) in [7, 11) is 0. The monoisotopic (exact) mass is 433 g/mol. The summed E-state index contributed by atoms with van der Waals surface area (Å²) in [5.74, 6) is -1.54. The molecule has 1 aliphatic carbocycles. The summed E-state index contributed by atoms with van der Waals surface area (Å²) in [6.07, 6.45) is -1.73. The van der Waals surface area contributed by atoms with E-state index in [9.17, 15) is 18.0 Å². The molecule has 170 valence electrons. The summed E-state index contributed by atoms with van der Waals surface area (Å²) in [6.45, 7) is 10.8. The first kappa shape index (κ1) is 27.5. The maximum absolute atomic E-state index is 11.7. The maximum Gasteiger partial charge on any atom is 0.490 e. The smallest absolute Gasteiger partial charge is 0.475 e. The lowest BCUT2D eigenvalue weighted by atomic mass is 10.0. The van der Waals surface area contributed by atoms with Crippen LogP contribution in [0.1, 0.15) is 53.9 Å². The van der Waals surface area contributed by atoms with Gasteiger partial charge < -0.3 is 14.7 Å². The van der Waals surface area contributed by atoms with Crippen molar-refractivity contribution in [1.29, 1.82) is 10.5 Å². The standard InChI is InChI=1S/C11H18N2O2.C7H11N.C2HF3O2/c1-8-6-13(7-9(8)5-12)10(14)15-11(2,3)4;1-6-3-2-4-7(6)5-8;3-2(4,5)1(6)7/h8-9H,6-7H2,1-4H3;6-7H,2-4H2,1H3;(H,6,7)/t8-,9+;6-,7-;/m00./s1. The Morgan fingerprint density at radius 2 is 1.50 bits per heavy atom. The largest absolute Gasteiger partial charge is 0.490 e. The van der Waals surface area contributed by atoms with Crippen molar-refractivity contribution in [2.75, 3.05) is 13.1 Å². The van der Waals surface area contributed by atoms with Gasteiger partial charge in [-0.3, -0.25) is 0 Å². The molecular weight excluding hydrogens is 403 g/mol. The molecule has 1 N–H and O–H groups in total. The molecular formula is C20H30F3N3O4. The van der Waals surface area contributed by atoms with E-state index in [1.54, 1.807) is 4.90 Å². The lowest BCUT2D eigenvalue weighted by Crippen LogP contribution is -2.35. The average molecular weight is 433 g/mol. The number of nitrogens with zero attached hydrogens (tertiary/aromatic N) is 3. The Morgan fingerprint density at radius 3 is 1.77 bits per heavy atom. The Morgan fingerprint density at radius 1 is 1.00 bits per heavy atom. The number of likely N-dealkylation sites (tertiary alicyclic amines) is 1. The van der Waals surface area contributed by atoms with Gasteiger partial charge in [0.2, 0.25) is 0 Å². The topological polar surface area (TPSA) is 114 Å². The highest BCUT2D eigenvalue weighted by molar-refractivity contribution is 5.73. The molecule has 1 saturated carbocycles. The minimum atomic E-state index is -5.08. The lowest BCUT2D eigenvalue weighted by Gasteiger charge is -2.24. The summed E-state index contributed by atoms with van der Waals surface area (Å²) in [5, 5.41) is 24.5. The molecule has 2 fully saturated rings. The molecule has 1 saturated heterocycles. The lowest BCUT2D eigenvalue weighted by molar-refractivity contribution is -0.192. The van der Waals surface area contributed by atoms with Crippen molar-refractivity contribution in [2.45, 2.75) is 65.7 Å². The third-order valence-corrected chi connectivity index (χ3v) is 4.70. The number of ether oxygens (including phenoxy) is 1. The highest BCUT2D eigenvalue weighted by Crippen LogP contribution is 2.30. The van der Waals surface area contributed by atoms with E-state index in [2.05, 4.69) is 19.1 Å². The molecule has 0 spiro atoms. The van der Waals surface area contributed by atoms with Crippen molar-refractivity contribution in [3.8, 4) is 12.1 Å². The van der Waals surface area contributed by atoms with Crippen molar-refractivity contribution >= 4 is 12.1 Å². The summed E-state index contributed by atoms with van der Waals surface area (Å²) in [5.41, 5.74) is -0.467. The normalized spacial score (nSPS) is 25.6. The maximum atomic E-state index is 11.7. The van der Waals surface area contributed by atoms with Gasteiger partial charge in [0, 0.05) is 19.0 Å². The third kappa shape index (κ3) is 10.3. The minimum absolute atomic E-state index is 0.0579. The van der Waals surface area contributed by atoms with Crippen molar-refractivity contribution in [3.63, 3.8) is 0 Å². The highest BCUT2D eigenvalue weighted by atomic mass is 19.4. The van der Waals surface area contributed by atoms with E-state index in [1.165, 1.54) is 12.8 Å². The Bertz CT molecular complexity index is 662. The van der Waals surface area contributed by atoms with Gasteiger partial charge >= 0.3 is 18.2 Å². The Labute approximate surface area is 175 Å². The van der Waals surface area contributed by atoms with Crippen LogP contribution in [0.2, 0.25) is 0 Å². The van der Waals surface area contributed by atoms with Crippen LogP contribution in [0.15, 0.2) is 0 Å². The van der Waals surface area contributed by atoms with E-state index in [-0.39, 0.29) is 17.9 Å². The van der Waals surface area contributed by atoms with Crippen molar-refractivity contribution in [3.05, 3.63) is 0 Å². The number of carbonyl (C=O) groups excluding carboxylic acids is 1.